The molecule has 0 bridgehead atoms. The Kier molecular flexibility index (Phi) is 4.20. The average molecular weight is 277 g/mol. The highest BCUT2D eigenvalue weighted by atomic mass is 35.5. The number of nitrogens with two attached hydrogens (primary N) is 2. The van der Waals surface area contributed by atoms with Gasteiger partial charge < -0.3 is 16.2 Å². The summed E-state index contributed by atoms with van der Waals surface area (Å²) in [4.78, 5) is 22.4. The van der Waals surface area contributed by atoms with Gasteiger partial charge in [-0.25, -0.2) is 4.79 Å². The van der Waals surface area contributed by atoms with E-state index in [2.05, 4.69) is 0 Å². The number of primary amides is 1. The minimum absolute atomic E-state index is 0.00948. The second-order valence-corrected chi connectivity index (χ2v) is 4.10. The molecule has 1 rings (SSSR count). The fourth-order valence-corrected chi connectivity index (χ4v) is 1.45. The first-order valence-electron chi connectivity index (χ1n) is 4.57. The van der Waals surface area contributed by atoms with E-state index >= 15 is 0 Å². The van der Waals surface area contributed by atoms with Crippen molar-refractivity contribution < 1.29 is 14.3 Å². The predicted octanol–water partition coefficient (Wildman–Crippen LogP) is 1.61. The lowest BCUT2D eigenvalue weighted by molar-refractivity contribution is -0.125. The van der Waals surface area contributed by atoms with Gasteiger partial charge in [0, 0.05) is 5.69 Å². The summed E-state index contributed by atoms with van der Waals surface area (Å²) in [5.41, 5.74) is 10.7. The Labute approximate surface area is 108 Å². The van der Waals surface area contributed by atoms with Crippen LogP contribution < -0.4 is 11.5 Å². The van der Waals surface area contributed by atoms with Crippen molar-refractivity contribution in [1.29, 1.82) is 0 Å². The zero-order chi connectivity index (χ0) is 13.2. The number of esters is 1. The number of hydrogen-bond acceptors (Lipinski definition) is 4. The second kappa shape index (κ2) is 5.25. The maximum Gasteiger partial charge on any atom is 0.340 e. The molecule has 0 saturated carbocycles. The molecule has 4 N–H and O–H groups in total. The molecule has 0 aliphatic rings. The van der Waals surface area contributed by atoms with Crippen LogP contribution in [0.15, 0.2) is 12.1 Å². The lowest BCUT2D eigenvalue weighted by atomic mass is 10.2. The van der Waals surface area contributed by atoms with Gasteiger partial charge in [0.15, 0.2) is 6.10 Å². The van der Waals surface area contributed by atoms with Gasteiger partial charge in [0.2, 0.25) is 0 Å². The van der Waals surface area contributed by atoms with Crippen LogP contribution in [0.1, 0.15) is 17.3 Å². The molecule has 1 aromatic rings. The Morgan fingerprint density at radius 2 is 1.94 bits per heavy atom. The number of carbonyl (C=O) groups is 2. The molecule has 5 nitrogen and oxygen atoms in total. The molecular formula is C10H10Cl2N2O3. The first-order valence-corrected chi connectivity index (χ1v) is 5.33. The van der Waals surface area contributed by atoms with Gasteiger partial charge in [-0.3, -0.25) is 4.79 Å². The van der Waals surface area contributed by atoms with Crippen LogP contribution in [0.5, 0.6) is 0 Å². The van der Waals surface area contributed by atoms with Crippen molar-refractivity contribution in [2.45, 2.75) is 13.0 Å². The summed E-state index contributed by atoms with van der Waals surface area (Å²) in [6, 6.07) is 2.71. The molecule has 0 spiro atoms. The number of benzene rings is 1. The van der Waals surface area contributed by atoms with E-state index in [0.29, 0.717) is 0 Å². The normalized spacial score (nSPS) is 11.9. The molecule has 7 heteroatoms. The van der Waals surface area contributed by atoms with Crippen LogP contribution in [-0.4, -0.2) is 18.0 Å². The van der Waals surface area contributed by atoms with Crippen LogP contribution in [0.3, 0.4) is 0 Å². The van der Waals surface area contributed by atoms with Gasteiger partial charge >= 0.3 is 5.97 Å². The van der Waals surface area contributed by atoms with Crippen molar-refractivity contribution in [2.75, 3.05) is 5.73 Å². The minimum Gasteiger partial charge on any atom is -0.449 e. The molecule has 17 heavy (non-hydrogen) atoms. The number of amides is 1. The molecule has 0 saturated heterocycles. The van der Waals surface area contributed by atoms with E-state index in [9.17, 15) is 9.59 Å². The molecule has 1 aromatic carbocycles. The third-order valence-corrected chi connectivity index (χ3v) is 2.76. The smallest absolute Gasteiger partial charge is 0.340 e. The first-order chi connectivity index (χ1) is 7.82. The van der Waals surface area contributed by atoms with E-state index in [4.69, 9.17) is 39.4 Å². The summed E-state index contributed by atoms with van der Waals surface area (Å²) in [6.45, 7) is 1.35. The number of rotatable bonds is 3. The lowest BCUT2D eigenvalue weighted by Gasteiger charge is -2.11. The second-order valence-electron chi connectivity index (χ2n) is 3.31. The number of halogens is 2. The molecule has 0 heterocycles. The molecule has 0 radical (unpaired) electrons. The maximum atomic E-state index is 11.7. The van der Waals surface area contributed by atoms with Crippen molar-refractivity contribution in [3.05, 3.63) is 27.7 Å². The Balaban J connectivity index is 3.01. The van der Waals surface area contributed by atoms with Crippen LogP contribution in [0.4, 0.5) is 5.69 Å². The van der Waals surface area contributed by atoms with Crippen molar-refractivity contribution in [3.8, 4) is 0 Å². The van der Waals surface area contributed by atoms with Crippen LogP contribution in [0.2, 0.25) is 10.0 Å². The van der Waals surface area contributed by atoms with E-state index in [1.165, 1.54) is 19.1 Å². The van der Waals surface area contributed by atoms with E-state index in [1.54, 1.807) is 0 Å². The van der Waals surface area contributed by atoms with Crippen molar-refractivity contribution in [2.24, 2.45) is 5.73 Å². The Morgan fingerprint density at radius 1 is 1.35 bits per heavy atom. The fraction of sp³-hybridized carbons (Fsp3) is 0.200. The number of nitrogen functional groups attached to an aromatic ring is 1. The van der Waals surface area contributed by atoms with Gasteiger partial charge in [0.05, 0.1) is 15.6 Å². The van der Waals surface area contributed by atoms with Gasteiger partial charge in [0.25, 0.3) is 5.91 Å². The molecule has 1 unspecified atom stereocenters. The summed E-state index contributed by atoms with van der Waals surface area (Å²) in [5, 5.41) is 0.146. The van der Waals surface area contributed by atoms with E-state index in [0.717, 1.165) is 0 Å². The number of ether oxygens (including phenoxy) is 1. The summed E-state index contributed by atoms with van der Waals surface area (Å²) in [5.74, 6) is -1.57. The number of hydrogen-bond donors (Lipinski definition) is 2. The molecular weight excluding hydrogens is 267 g/mol. The number of anilines is 1. The van der Waals surface area contributed by atoms with E-state index in [1.807, 2.05) is 0 Å². The van der Waals surface area contributed by atoms with Crippen molar-refractivity contribution in [3.63, 3.8) is 0 Å². The number of carbonyl (C=O) groups excluding carboxylic acids is 2. The van der Waals surface area contributed by atoms with Crippen LogP contribution >= 0.6 is 23.2 Å². The van der Waals surface area contributed by atoms with E-state index < -0.39 is 18.0 Å². The monoisotopic (exact) mass is 276 g/mol. The van der Waals surface area contributed by atoms with Crippen LogP contribution in [-0.2, 0) is 9.53 Å². The van der Waals surface area contributed by atoms with E-state index in [-0.39, 0.29) is 21.3 Å². The Morgan fingerprint density at radius 3 is 2.47 bits per heavy atom. The minimum atomic E-state index is -1.06. The van der Waals surface area contributed by atoms with Gasteiger partial charge in [-0.2, -0.15) is 0 Å². The SMILES string of the molecule is CC(OC(=O)c1cc(N)cc(Cl)c1Cl)C(N)=O. The van der Waals surface area contributed by atoms with Gasteiger partial charge in [-0.15, -0.1) is 0 Å². The lowest BCUT2D eigenvalue weighted by Crippen LogP contribution is -2.30. The fourth-order valence-electron chi connectivity index (χ4n) is 1.04. The largest absolute Gasteiger partial charge is 0.449 e. The van der Waals surface area contributed by atoms with Gasteiger partial charge in [-0.05, 0) is 19.1 Å². The Hall–Kier alpha value is -1.46. The molecule has 92 valence electrons. The quantitative estimate of drug-likeness (QED) is 0.648. The van der Waals surface area contributed by atoms with Crippen LogP contribution in [0, 0.1) is 0 Å². The van der Waals surface area contributed by atoms with Gasteiger partial charge in [0.1, 0.15) is 0 Å². The van der Waals surface area contributed by atoms with Crippen molar-refractivity contribution in [1.82, 2.24) is 0 Å². The van der Waals surface area contributed by atoms with Gasteiger partial charge in [-0.1, -0.05) is 23.2 Å². The topological polar surface area (TPSA) is 95.4 Å². The maximum absolute atomic E-state index is 11.7. The highest BCUT2D eigenvalue weighted by Crippen LogP contribution is 2.29. The highest BCUT2D eigenvalue weighted by Gasteiger charge is 2.20. The summed E-state index contributed by atoms with van der Waals surface area (Å²) >= 11 is 11.6. The Bertz CT molecular complexity index is 477. The molecule has 0 fully saturated rings. The van der Waals surface area contributed by atoms with Crippen molar-refractivity contribution >= 4 is 40.8 Å². The zero-order valence-corrected chi connectivity index (χ0v) is 10.4. The molecule has 0 aliphatic carbocycles. The first kappa shape index (κ1) is 13.6. The average Bonchev–Trinajstić information content (AvgIpc) is 2.22. The third kappa shape index (κ3) is 3.25. The summed E-state index contributed by atoms with van der Waals surface area (Å²) < 4.78 is 4.78. The molecule has 0 aromatic heterocycles. The predicted molar refractivity (Wildman–Crippen MR) is 64.9 cm³/mol. The molecule has 0 aliphatic heterocycles. The highest BCUT2D eigenvalue weighted by molar-refractivity contribution is 6.44. The summed E-state index contributed by atoms with van der Waals surface area (Å²) in [6.07, 6.45) is -1.06. The third-order valence-electron chi connectivity index (χ3n) is 1.95. The molecule has 1 amide bonds. The standard InChI is InChI=1S/C10H10Cl2N2O3/c1-4(9(14)15)17-10(16)6-2-5(13)3-7(11)8(6)12/h2-4H,13H2,1H3,(H2,14,15). The molecule has 1 atom stereocenters. The summed E-state index contributed by atoms with van der Waals surface area (Å²) in [7, 11) is 0. The zero-order valence-electron chi connectivity index (χ0n) is 8.87. The van der Waals surface area contributed by atoms with Crippen LogP contribution in [0.25, 0.3) is 0 Å².